The van der Waals surface area contributed by atoms with Crippen molar-refractivity contribution in [2.24, 2.45) is 5.92 Å². The van der Waals surface area contributed by atoms with E-state index in [-0.39, 0.29) is 17.7 Å². The zero-order valence-corrected chi connectivity index (χ0v) is 19.6. The van der Waals surface area contributed by atoms with Crippen LogP contribution in [0.15, 0.2) is 23.6 Å². The van der Waals surface area contributed by atoms with E-state index in [9.17, 15) is 9.59 Å². The largest absolute Gasteiger partial charge is 0.340 e. The van der Waals surface area contributed by atoms with Crippen LogP contribution >= 0.6 is 34.5 Å². The van der Waals surface area contributed by atoms with E-state index >= 15 is 0 Å². The third-order valence-electron chi connectivity index (χ3n) is 5.84. The highest BCUT2D eigenvalue weighted by Crippen LogP contribution is 2.29. The number of hydrogen-bond donors (Lipinski definition) is 1. The van der Waals surface area contributed by atoms with Crippen molar-refractivity contribution >= 4 is 57.2 Å². The third kappa shape index (κ3) is 5.31. The number of benzene rings is 1. The topological polar surface area (TPSA) is 68.8 Å². The Morgan fingerprint density at radius 2 is 1.74 bits per heavy atom. The van der Waals surface area contributed by atoms with Crippen LogP contribution in [0.2, 0.25) is 10.0 Å². The summed E-state index contributed by atoms with van der Waals surface area (Å²) in [4.78, 5) is 36.1. The highest BCUT2D eigenvalue weighted by Gasteiger charge is 2.32. The average molecular weight is 482 g/mol. The van der Waals surface area contributed by atoms with E-state index in [1.165, 1.54) is 11.3 Å². The fourth-order valence-corrected chi connectivity index (χ4v) is 4.91. The molecule has 0 saturated carbocycles. The first-order valence-corrected chi connectivity index (χ1v) is 12.0. The van der Waals surface area contributed by atoms with Crippen molar-refractivity contribution in [3.63, 3.8) is 0 Å². The maximum Gasteiger partial charge on any atom is 0.273 e. The van der Waals surface area contributed by atoms with Gasteiger partial charge in [0.2, 0.25) is 5.91 Å². The van der Waals surface area contributed by atoms with Gasteiger partial charge < -0.3 is 20.0 Å². The maximum absolute atomic E-state index is 12.9. The number of amides is 2. The minimum atomic E-state index is -0.0936. The minimum absolute atomic E-state index is 0.00905. The Bertz CT molecular complexity index is 953. The van der Waals surface area contributed by atoms with E-state index in [0.717, 1.165) is 31.9 Å². The number of carbonyl (C=O) groups is 2. The van der Waals surface area contributed by atoms with E-state index in [2.05, 4.69) is 22.2 Å². The van der Waals surface area contributed by atoms with Crippen LogP contribution in [0.4, 0.5) is 10.8 Å². The van der Waals surface area contributed by atoms with Crippen molar-refractivity contribution in [3.8, 4) is 0 Å². The molecule has 0 radical (unpaired) electrons. The number of rotatable bonds is 4. The molecule has 1 N–H and O–H groups in total. The number of nitrogens with one attached hydrogen (secondary N) is 1. The molecule has 2 aromatic rings. The smallest absolute Gasteiger partial charge is 0.273 e. The second-order valence-electron chi connectivity index (χ2n) is 7.99. The molecule has 2 aliphatic heterocycles. The Morgan fingerprint density at radius 1 is 1.03 bits per heavy atom. The van der Waals surface area contributed by atoms with Crippen LogP contribution in [-0.4, -0.2) is 77.8 Å². The first-order chi connectivity index (χ1) is 14.9. The lowest BCUT2D eigenvalue weighted by molar-refractivity contribution is -0.138. The fraction of sp³-hybridized carbons (Fsp3) is 0.476. The second-order valence-corrected chi connectivity index (χ2v) is 9.66. The summed E-state index contributed by atoms with van der Waals surface area (Å²) >= 11 is 13.4. The quantitative estimate of drug-likeness (QED) is 0.718. The van der Waals surface area contributed by atoms with E-state index in [0.29, 0.717) is 46.8 Å². The number of hydrogen-bond acceptors (Lipinski definition) is 6. The summed E-state index contributed by atoms with van der Waals surface area (Å²) in [6.45, 7) is 4.59. The molecule has 0 bridgehead atoms. The van der Waals surface area contributed by atoms with Crippen LogP contribution < -0.4 is 5.32 Å². The third-order valence-corrected chi connectivity index (χ3v) is 7.34. The van der Waals surface area contributed by atoms with Gasteiger partial charge in [0.15, 0.2) is 5.13 Å². The summed E-state index contributed by atoms with van der Waals surface area (Å²) < 4.78 is 0. The molecule has 3 heterocycles. The Balaban J connectivity index is 1.30. The summed E-state index contributed by atoms with van der Waals surface area (Å²) in [6.07, 6.45) is 1.41. The van der Waals surface area contributed by atoms with Crippen LogP contribution in [0.25, 0.3) is 0 Å². The van der Waals surface area contributed by atoms with Gasteiger partial charge in [-0.3, -0.25) is 9.59 Å². The second kappa shape index (κ2) is 9.73. The molecule has 2 amide bonds. The van der Waals surface area contributed by atoms with Gasteiger partial charge >= 0.3 is 0 Å². The number of carbonyl (C=O) groups excluding carboxylic acids is 2. The molecule has 10 heteroatoms. The summed E-state index contributed by atoms with van der Waals surface area (Å²) in [5.41, 5.74) is 1.17. The lowest BCUT2D eigenvalue weighted by Gasteiger charge is -2.37. The molecule has 166 valence electrons. The molecule has 2 saturated heterocycles. The van der Waals surface area contributed by atoms with Gasteiger partial charge in [-0.1, -0.05) is 23.2 Å². The molecule has 31 heavy (non-hydrogen) atoms. The molecule has 7 nitrogen and oxygen atoms in total. The monoisotopic (exact) mass is 481 g/mol. The van der Waals surface area contributed by atoms with Crippen molar-refractivity contribution in [2.75, 3.05) is 51.6 Å². The van der Waals surface area contributed by atoms with Crippen LogP contribution in [0.1, 0.15) is 23.3 Å². The van der Waals surface area contributed by atoms with Gasteiger partial charge in [-0.25, -0.2) is 4.98 Å². The molecule has 0 spiro atoms. The fourth-order valence-electron chi connectivity index (χ4n) is 3.90. The predicted molar refractivity (Wildman–Crippen MR) is 125 cm³/mol. The zero-order chi connectivity index (χ0) is 22.0. The Kier molecular flexibility index (Phi) is 7.01. The number of aromatic nitrogens is 1. The molecule has 0 aliphatic carbocycles. The molecule has 0 unspecified atom stereocenters. The van der Waals surface area contributed by atoms with Crippen molar-refractivity contribution in [1.29, 1.82) is 0 Å². The molecule has 1 aromatic carbocycles. The molecule has 2 aliphatic rings. The average Bonchev–Trinajstić information content (AvgIpc) is 3.24. The predicted octanol–water partition coefficient (Wildman–Crippen LogP) is 3.82. The van der Waals surface area contributed by atoms with Gasteiger partial charge in [-0.05, 0) is 38.1 Å². The summed E-state index contributed by atoms with van der Waals surface area (Å²) in [7, 11) is 2.08. The standard InChI is InChI=1S/C21H25Cl2N5O2S/c1-26-8-10-28(11-9-26)19(29)14-4-6-27(7-5-14)20(30)18-13-31-21(25-18)24-15-2-3-16(22)17(23)12-15/h2-3,12-14H,4-11H2,1H3,(H,24,25). The molecule has 4 rings (SSSR count). The Hall–Kier alpha value is -1.87. The molecule has 2 fully saturated rings. The van der Waals surface area contributed by atoms with E-state index < -0.39 is 0 Å². The summed E-state index contributed by atoms with van der Waals surface area (Å²) in [6, 6.07) is 5.23. The van der Waals surface area contributed by atoms with Crippen LogP contribution in [0.3, 0.4) is 0 Å². The van der Waals surface area contributed by atoms with E-state index in [1.807, 2.05) is 4.90 Å². The SMILES string of the molecule is CN1CCN(C(=O)C2CCN(C(=O)c3csc(Nc4ccc(Cl)c(Cl)c4)n3)CC2)CC1. The highest BCUT2D eigenvalue weighted by molar-refractivity contribution is 7.14. The first kappa shape index (κ1) is 22.3. The summed E-state index contributed by atoms with van der Waals surface area (Å²) in [5.74, 6) is 0.153. The van der Waals surface area contributed by atoms with Crippen LogP contribution in [0.5, 0.6) is 0 Å². The van der Waals surface area contributed by atoms with Crippen molar-refractivity contribution < 1.29 is 9.59 Å². The van der Waals surface area contributed by atoms with Gasteiger partial charge in [0.05, 0.1) is 10.0 Å². The highest BCUT2D eigenvalue weighted by atomic mass is 35.5. The van der Waals surface area contributed by atoms with E-state index in [4.69, 9.17) is 23.2 Å². The van der Waals surface area contributed by atoms with Gasteiger partial charge in [0, 0.05) is 56.3 Å². The number of piperidine rings is 1. The number of anilines is 2. The van der Waals surface area contributed by atoms with Crippen LogP contribution in [0, 0.1) is 5.92 Å². The lowest BCUT2D eigenvalue weighted by Crippen LogP contribution is -2.51. The molecular weight excluding hydrogens is 457 g/mol. The normalized spacial score (nSPS) is 18.3. The minimum Gasteiger partial charge on any atom is -0.340 e. The number of piperazine rings is 1. The Labute approximate surface area is 195 Å². The lowest BCUT2D eigenvalue weighted by atomic mass is 9.94. The van der Waals surface area contributed by atoms with Gasteiger partial charge in [-0.2, -0.15) is 0 Å². The number of nitrogens with zero attached hydrogens (tertiary/aromatic N) is 4. The number of likely N-dealkylation sites (N-methyl/N-ethyl adjacent to an activating group) is 1. The van der Waals surface area contributed by atoms with Crippen molar-refractivity contribution in [1.82, 2.24) is 19.7 Å². The van der Waals surface area contributed by atoms with Gasteiger partial charge in [0.25, 0.3) is 5.91 Å². The number of thiazole rings is 1. The summed E-state index contributed by atoms with van der Waals surface area (Å²) in [5, 5.41) is 6.45. The number of halogens is 2. The molecule has 0 atom stereocenters. The Morgan fingerprint density at radius 3 is 2.42 bits per heavy atom. The first-order valence-electron chi connectivity index (χ1n) is 10.3. The number of likely N-dealkylation sites (tertiary alicyclic amines) is 1. The maximum atomic E-state index is 12.9. The van der Waals surface area contributed by atoms with E-state index in [1.54, 1.807) is 28.5 Å². The molecular formula is C21H25Cl2N5O2S. The zero-order valence-electron chi connectivity index (χ0n) is 17.3. The van der Waals surface area contributed by atoms with Crippen molar-refractivity contribution in [2.45, 2.75) is 12.8 Å². The van der Waals surface area contributed by atoms with Crippen LogP contribution in [-0.2, 0) is 4.79 Å². The van der Waals surface area contributed by atoms with Gasteiger partial charge in [-0.15, -0.1) is 11.3 Å². The molecule has 1 aromatic heterocycles. The van der Waals surface area contributed by atoms with Crippen molar-refractivity contribution in [3.05, 3.63) is 39.3 Å². The van der Waals surface area contributed by atoms with Gasteiger partial charge in [0.1, 0.15) is 5.69 Å².